The summed E-state index contributed by atoms with van der Waals surface area (Å²) in [5.41, 5.74) is 7.22. The minimum absolute atomic E-state index is 0.123. The molecule has 2 heterocycles. The molecular weight excluding hydrogens is 465 g/mol. The number of hydrogen-bond acceptors (Lipinski definition) is 7. The van der Waals surface area contributed by atoms with Gasteiger partial charge in [0.05, 0.1) is 18.2 Å². The molecule has 1 amide bonds. The second kappa shape index (κ2) is 10.3. The van der Waals surface area contributed by atoms with Gasteiger partial charge in [-0.05, 0) is 24.0 Å². The molecule has 0 bridgehead atoms. The van der Waals surface area contributed by atoms with Gasteiger partial charge in [-0.25, -0.2) is 14.4 Å². The van der Waals surface area contributed by atoms with Crippen LogP contribution in [0.4, 0.5) is 11.5 Å². The first-order valence-electron chi connectivity index (χ1n) is 10.0. The Morgan fingerprint density at radius 2 is 2.18 bits per heavy atom. The Balaban J connectivity index is 2.06. The summed E-state index contributed by atoms with van der Waals surface area (Å²) >= 11 is 1.04. The zero-order chi connectivity index (χ0) is 24.2. The van der Waals surface area contributed by atoms with Crippen LogP contribution in [0.15, 0.2) is 35.4 Å². The molecule has 0 aliphatic carbocycles. The highest BCUT2D eigenvalue weighted by Gasteiger charge is 2.33. The third-order valence-electron chi connectivity index (χ3n) is 5.12. The number of nitriles is 1. The number of benzene rings is 1. The van der Waals surface area contributed by atoms with Gasteiger partial charge in [0.15, 0.2) is 0 Å². The lowest BCUT2D eigenvalue weighted by Gasteiger charge is -2.23. The number of anilines is 1. The Labute approximate surface area is 195 Å². The number of phosphoric ester groups is 1. The molecule has 1 aromatic heterocycles. The molecule has 1 saturated heterocycles. The van der Waals surface area contributed by atoms with Crippen LogP contribution in [-0.4, -0.2) is 39.9 Å². The first kappa shape index (κ1) is 24.7. The molecule has 0 spiro atoms. The minimum Gasteiger partial charge on any atom is -0.368 e. The first-order valence-corrected chi connectivity index (χ1v) is 12.4. The zero-order valence-corrected chi connectivity index (χ0v) is 19.4. The van der Waals surface area contributed by atoms with Crippen molar-refractivity contribution < 1.29 is 23.7 Å². The van der Waals surface area contributed by atoms with Gasteiger partial charge in [-0.3, -0.25) is 9.32 Å². The number of nitrogens with zero attached hydrogens (tertiary/aromatic N) is 4. The molecule has 4 N–H and O–H groups in total. The van der Waals surface area contributed by atoms with Crippen molar-refractivity contribution in [3.05, 3.63) is 58.4 Å². The summed E-state index contributed by atoms with van der Waals surface area (Å²) in [6.07, 6.45) is -0.0139. The maximum Gasteiger partial charge on any atom is 0.469 e. The molecule has 0 radical (unpaired) electrons. The van der Waals surface area contributed by atoms with Crippen molar-refractivity contribution >= 4 is 37.0 Å². The number of aromatic nitrogens is 1. The number of nitrogens with two attached hydrogens (primary N) is 1. The summed E-state index contributed by atoms with van der Waals surface area (Å²) in [5.74, 6) is -0.307. The Morgan fingerprint density at radius 1 is 1.48 bits per heavy atom. The van der Waals surface area contributed by atoms with Gasteiger partial charge in [0.25, 0.3) is 0 Å². The molecule has 0 unspecified atom stereocenters. The van der Waals surface area contributed by atoms with Crippen LogP contribution in [0.1, 0.15) is 35.3 Å². The third-order valence-corrected chi connectivity index (χ3v) is 6.95. The number of carbonyl (C=O) groups is 1. The molecule has 12 heteroatoms. The molecular formula is C21H22N5O5PS. The molecule has 1 fully saturated rings. The molecule has 0 saturated carbocycles. The Hall–Kier alpha value is -2.92. The summed E-state index contributed by atoms with van der Waals surface area (Å²) in [5, 5.41) is 9.32. The fraction of sp³-hybridized carbons (Fsp3) is 0.333. The number of thioether (sulfide) groups is 1. The highest BCUT2D eigenvalue weighted by atomic mass is 32.2. The molecule has 3 rings (SSSR count). The van der Waals surface area contributed by atoms with Crippen LogP contribution in [0.5, 0.6) is 0 Å². The van der Waals surface area contributed by atoms with E-state index in [2.05, 4.69) is 15.9 Å². The SMILES string of the molecule is [C-]#[N+]c1c(N2CC[C@H](OP(=O)(O)O)C2)nc(S[C@@H](C(N)=O)c2ccccc2)c(C#N)c1CC. The smallest absolute Gasteiger partial charge is 0.368 e. The van der Waals surface area contributed by atoms with E-state index in [0.717, 1.165) is 11.8 Å². The molecule has 2 atom stereocenters. The lowest BCUT2D eigenvalue weighted by atomic mass is 10.1. The Bertz CT molecular complexity index is 1170. The van der Waals surface area contributed by atoms with Gasteiger partial charge in [-0.2, -0.15) is 5.26 Å². The lowest BCUT2D eigenvalue weighted by Crippen LogP contribution is -2.24. The van der Waals surface area contributed by atoms with E-state index in [0.29, 0.717) is 30.5 Å². The van der Waals surface area contributed by atoms with Crippen LogP contribution in [0.25, 0.3) is 4.85 Å². The van der Waals surface area contributed by atoms with E-state index in [1.54, 1.807) is 29.2 Å². The van der Waals surface area contributed by atoms with Crippen LogP contribution in [0.3, 0.4) is 0 Å². The number of carbonyl (C=O) groups excluding carboxylic acids is 1. The largest absolute Gasteiger partial charge is 0.469 e. The van der Waals surface area contributed by atoms with E-state index in [-0.39, 0.29) is 28.6 Å². The topological polar surface area (TPSA) is 154 Å². The van der Waals surface area contributed by atoms with E-state index in [1.165, 1.54) is 0 Å². The number of pyridine rings is 1. The van der Waals surface area contributed by atoms with Crippen LogP contribution in [0.2, 0.25) is 0 Å². The van der Waals surface area contributed by atoms with Gasteiger partial charge in [-0.15, -0.1) is 0 Å². The van der Waals surface area contributed by atoms with Crippen molar-refractivity contribution in [3.63, 3.8) is 0 Å². The summed E-state index contributed by atoms with van der Waals surface area (Å²) in [6.45, 7) is 9.98. The predicted octanol–water partition coefficient (Wildman–Crippen LogP) is 3.07. The van der Waals surface area contributed by atoms with Gasteiger partial charge in [0.1, 0.15) is 22.2 Å². The van der Waals surface area contributed by atoms with Crippen LogP contribution in [0, 0.1) is 17.9 Å². The van der Waals surface area contributed by atoms with Gasteiger partial charge < -0.3 is 20.4 Å². The third kappa shape index (κ3) is 5.72. The van der Waals surface area contributed by atoms with Crippen LogP contribution in [-0.2, 0) is 20.3 Å². The summed E-state index contributed by atoms with van der Waals surface area (Å²) < 4.78 is 16.0. The molecule has 10 nitrogen and oxygen atoms in total. The number of phosphoric acid groups is 1. The fourth-order valence-electron chi connectivity index (χ4n) is 3.70. The van der Waals surface area contributed by atoms with Crippen molar-refractivity contribution in [1.82, 2.24) is 4.98 Å². The average Bonchev–Trinajstić information content (AvgIpc) is 3.23. The van der Waals surface area contributed by atoms with E-state index in [1.807, 2.05) is 13.0 Å². The second-order valence-corrected chi connectivity index (χ2v) is 9.57. The fourth-order valence-corrected chi connectivity index (χ4v) is 5.32. The average molecular weight is 487 g/mol. The summed E-state index contributed by atoms with van der Waals surface area (Å²) in [4.78, 5) is 40.4. The van der Waals surface area contributed by atoms with Crippen molar-refractivity contribution in [2.75, 3.05) is 18.0 Å². The summed E-state index contributed by atoms with van der Waals surface area (Å²) in [6, 6.07) is 11.0. The van der Waals surface area contributed by atoms with Gasteiger partial charge in [0, 0.05) is 13.1 Å². The van der Waals surface area contributed by atoms with Gasteiger partial charge in [0.2, 0.25) is 11.6 Å². The minimum atomic E-state index is -4.66. The van der Waals surface area contributed by atoms with Crippen LogP contribution < -0.4 is 10.6 Å². The summed E-state index contributed by atoms with van der Waals surface area (Å²) in [7, 11) is -4.66. The molecule has 1 aliphatic rings. The van der Waals surface area contributed by atoms with Crippen molar-refractivity contribution in [2.45, 2.75) is 36.1 Å². The number of primary amides is 1. The Kier molecular flexibility index (Phi) is 7.75. The van der Waals surface area contributed by atoms with Crippen molar-refractivity contribution in [1.29, 1.82) is 5.26 Å². The van der Waals surface area contributed by atoms with Crippen molar-refractivity contribution in [3.8, 4) is 6.07 Å². The van der Waals surface area contributed by atoms with E-state index < -0.39 is 25.1 Å². The molecule has 172 valence electrons. The number of rotatable bonds is 8. The number of amides is 1. The predicted molar refractivity (Wildman–Crippen MR) is 123 cm³/mol. The molecule has 33 heavy (non-hydrogen) atoms. The van der Waals surface area contributed by atoms with Crippen molar-refractivity contribution in [2.24, 2.45) is 5.73 Å². The highest BCUT2D eigenvalue weighted by molar-refractivity contribution is 8.00. The van der Waals surface area contributed by atoms with Gasteiger partial charge in [-0.1, -0.05) is 49.0 Å². The van der Waals surface area contributed by atoms with Crippen LogP contribution >= 0.6 is 19.6 Å². The normalized spacial score (nSPS) is 16.8. The molecule has 1 aromatic carbocycles. The highest BCUT2D eigenvalue weighted by Crippen LogP contribution is 2.44. The maximum atomic E-state index is 12.2. The zero-order valence-electron chi connectivity index (χ0n) is 17.7. The quantitative estimate of drug-likeness (QED) is 0.289. The molecule has 2 aromatic rings. The number of hydrogen-bond donors (Lipinski definition) is 3. The van der Waals surface area contributed by atoms with E-state index >= 15 is 0 Å². The molecule has 1 aliphatic heterocycles. The monoisotopic (exact) mass is 487 g/mol. The second-order valence-electron chi connectivity index (χ2n) is 7.28. The lowest BCUT2D eigenvalue weighted by molar-refractivity contribution is -0.117. The first-order chi connectivity index (χ1) is 15.7. The van der Waals surface area contributed by atoms with E-state index in [9.17, 15) is 14.6 Å². The Morgan fingerprint density at radius 3 is 2.73 bits per heavy atom. The van der Waals surface area contributed by atoms with Gasteiger partial charge >= 0.3 is 7.82 Å². The van der Waals surface area contributed by atoms with E-state index in [4.69, 9.17) is 26.6 Å². The standard InChI is InChI=1S/C21H22N5O5PS/c1-3-15-16(11-22)21(33-18(19(23)27)13-7-5-4-6-8-13)25-20(17(15)24-2)26-10-9-14(12-26)31-32(28,29)30/h4-8,14,18H,3,9-10,12H2,1H3,(H2,23,27)(H2,28,29,30)/t14-,18+/m0/s1. The maximum absolute atomic E-state index is 12.2.